The zero-order chi connectivity index (χ0) is 27.2. The Morgan fingerprint density at radius 1 is 1.13 bits per heavy atom. The first-order valence-electron chi connectivity index (χ1n) is 11.4. The Morgan fingerprint density at radius 3 is 2.58 bits per heavy atom. The molecule has 1 saturated heterocycles. The molecule has 1 fully saturated rings. The second-order valence-electron chi connectivity index (χ2n) is 8.93. The van der Waals surface area contributed by atoms with Crippen LogP contribution in [0.25, 0.3) is 16.8 Å². The first-order valence-corrected chi connectivity index (χ1v) is 13.1. The van der Waals surface area contributed by atoms with E-state index in [0.717, 1.165) is 18.3 Å². The second-order valence-corrected chi connectivity index (χ2v) is 11.2. The van der Waals surface area contributed by atoms with E-state index in [1.807, 2.05) is 11.9 Å². The molecular weight excluding hydrogens is 523 g/mol. The predicted molar refractivity (Wildman–Crippen MR) is 134 cm³/mol. The number of imidazole rings is 1. The number of nitrogens with one attached hydrogen (secondary N) is 1. The van der Waals surface area contributed by atoms with Crippen LogP contribution in [-0.4, -0.2) is 64.5 Å². The monoisotopic (exact) mass is 545 g/mol. The Labute approximate surface area is 215 Å². The smallest absolute Gasteiger partial charge is 0.382 e. The molecule has 1 aliphatic rings. The number of nitrogens with two attached hydrogens (primary N) is 1. The highest BCUT2D eigenvalue weighted by Gasteiger charge is 2.37. The van der Waals surface area contributed by atoms with Crippen molar-refractivity contribution in [2.75, 3.05) is 36.9 Å². The number of nitrogens with zero attached hydrogens (tertiary/aromatic N) is 5. The van der Waals surface area contributed by atoms with Crippen molar-refractivity contribution in [3.63, 3.8) is 0 Å². The van der Waals surface area contributed by atoms with Gasteiger partial charge in [-0.25, -0.2) is 23.4 Å². The molecule has 0 bridgehead atoms. The summed E-state index contributed by atoms with van der Waals surface area (Å²) in [7, 11) is -1.62. The molecule has 1 aliphatic heterocycles. The number of anilines is 2. The molecule has 1 atom stereocenters. The zero-order valence-corrected chi connectivity index (χ0v) is 20.8. The lowest BCUT2D eigenvalue weighted by molar-refractivity contribution is -0.137. The van der Waals surface area contributed by atoms with E-state index in [4.69, 9.17) is 5.73 Å². The zero-order valence-electron chi connectivity index (χ0n) is 20.0. The van der Waals surface area contributed by atoms with Crippen molar-refractivity contribution < 1.29 is 26.4 Å². The molecular formula is C24H22F3N7O3S. The van der Waals surface area contributed by atoms with E-state index in [9.17, 15) is 26.4 Å². The molecule has 5 rings (SSSR count). The van der Waals surface area contributed by atoms with Crippen LogP contribution in [-0.2, 0) is 16.0 Å². The maximum absolute atomic E-state index is 13.0. The number of rotatable bonds is 4. The van der Waals surface area contributed by atoms with Crippen LogP contribution < -0.4 is 11.1 Å². The van der Waals surface area contributed by atoms with E-state index in [-0.39, 0.29) is 29.5 Å². The van der Waals surface area contributed by atoms with Gasteiger partial charge >= 0.3 is 6.18 Å². The number of alkyl halides is 3. The Hall–Kier alpha value is -4.04. The number of benzene rings is 1. The summed E-state index contributed by atoms with van der Waals surface area (Å²) in [5.74, 6) is -0.426. The number of carbonyl (C=O) groups excluding carboxylic acids is 1. The highest BCUT2D eigenvalue weighted by atomic mass is 32.2. The summed E-state index contributed by atoms with van der Waals surface area (Å²) in [4.78, 5) is 27.1. The lowest BCUT2D eigenvalue weighted by Crippen LogP contribution is -2.40. The number of halogens is 3. The summed E-state index contributed by atoms with van der Waals surface area (Å²) in [6.07, 6.45) is -0.539. The number of hydrogen-bond donors (Lipinski definition) is 2. The Kier molecular flexibility index (Phi) is 6.31. The maximum atomic E-state index is 13.0. The number of hydrogen-bond acceptors (Lipinski definition) is 8. The topological polar surface area (TPSA) is 136 Å². The third-order valence-electron chi connectivity index (χ3n) is 6.32. The molecule has 198 valence electrons. The van der Waals surface area contributed by atoms with E-state index in [1.54, 1.807) is 22.7 Å². The Balaban J connectivity index is 1.48. The van der Waals surface area contributed by atoms with E-state index >= 15 is 0 Å². The molecule has 38 heavy (non-hydrogen) atoms. The van der Waals surface area contributed by atoms with Crippen molar-refractivity contribution in [2.24, 2.45) is 0 Å². The Morgan fingerprint density at radius 2 is 1.87 bits per heavy atom. The molecule has 4 aromatic rings. The summed E-state index contributed by atoms with van der Waals surface area (Å²) in [5, 5.41) is 1.49. The second kappa shape index (κ2) is 9.36. The normalized spacial score (nSPS) is 17.9. The predicted octanol–water partition coefficient (Wildman–Crippen LogP) is 3.05. The van der Waals surface area contributed by atoms with Gasteiger partial charge in [-0.15, -0.1) is 0 Å². The number of pyridine rings is 1. The van der Waals surface area contributed by atoms with Crippen LogP contribution in [0, 0.1) is 0 Å². The largest absolute Gasteiger partial charge is 0.416 e. The summed E-state index contributed by atoms with van der Waals surface area (Å²) in [6.45, 7) is 0.698. The first kappa shape index (κ1) is 25.6. The van der Waals surface area contributed by atoms with Crippen LogP contribution in [0.5, 0.6) is 0 Å². The van der Waals surface area contributed by atoms with Crippen LogP contribution in [0.1, 0.15) is 27.0 Å². The number of aromatic nitrogens is 4. The number of likely N-dealkylation sites (N-methyl/N-ethyl adjacent to an activating group) is 1. The van der Waals surface area contributed by atoms with Crippen molar-refractivity contribution in [3.05, 3.63) is 71.9 Å². The van der Waals surface area contributed by atoms with Gasteiger partial charge in [-0.3, -0.25) is 9.20 Å². The fourth-order valence-electron chi connectivity index (χ4n) is 4.31. The highest BCUT2D eigenvalue weighted by molar-refractivity contribution is 7.91. The van der Waals surface area contributed by atoms with Gasteiger partial charge in [0.05, 0.1) is 11.3 Å². The van der Waals surface area contributed by atoms with Gasteiger partial charge in [0.25, 0.3) is 5.91 Å². The van der Waals surface area contributed by atoms with Crippen LogP contribution in [0.2, 0.25) is 0 Å². The fourth-order valence-corrected chi connectivity index (χ4v) is 6.13. The molecule has 4 heterocycles. The van der Waals surface area contributed by atoms with Crippen molar-refractivity contribution in [1.29, 1.82) is 0 Å². The summed E-state index contributed by atoms with van der Waals surface area (Å²) >= 11 is 0. The van der Waals surface area contributed by atoms with Crippen LogP contribution in [0.3, 0.4) is 0 Å². The molecule has 0 radical (unpaired) electrons. The highest BCUT2D eigenvalue weighted by Crippen LogP contribution is 2.34. The number of sulfone groups is 1. The van der Waals surface area contributed by atoms with Gasteiger partial charge in [0.2, 0.25) is 0 Å². The SMILES string of the molecule is CN1CCS(=O)(=O)C(c2nc(-c3ccc(C(=O)Nc4cc(C(F)(F)F)ccn4)cc3)c3c(N)nccn23)C1. The molecule has 3 aromatic heterocycles. The van der Waals surface area contributed by atoms with Gasteiger partial charge in [-0.1, -0.05) is 12.1 Å². The van der Waals surface area contributed by atoms with Crippen molar-refractivity contribution in [3.8, 4) is 11.3 Å². The number of fused-ring (bicyclic) bond motifs is 1. The summed E-state index contributed by atoms with van der Waals surface area (Å²) in [6, 6.07) is 7.69. The molecule has 1 unspecified atom stereocenters. The summed E-state index contributed by atoms with van der Waals surface area (Å²) < 4.78 is 66.3. The van der Waals surface area contributed by atoms with E-state index in [1.165, 1.54) is 18.3 Å². The number of amides is 1. The van der Waals surface area contributed by atoms with Crippen molar-refractivity contribution in [2.45, 2.75) is 11.4 Å². The lowest BCUT2D eigenvalue weighted by Gasteiger charge is -2.28. The minimum Gasteiger partial charge on any atom is -0.382 e. The Bertz CT molecular complexity index is 1640. The van der Waals surface area contributed by atoms with Crippen molar-refractivity contribution >= 4 is 32.9 Å². The molecule has 0 aliphatic carbocycles. The summed E-state index contributed by atoms with van der Waals surface area (Å²) in [5.41, 5.74) is 6.75. The quantitative estimate of drug-likeness (QED) is 0.400. The molecule has 1 amide bonds. The number of carbonyl (C=O) groups is 1. The minimum absolute atomic E-state index is 0.00349. The van der Waals surface area contributed by atoms with Gasteiger partial charge in [0, 0.05) is 42.8 Å². The van der Waals surface area contributed by atoms with E-state index in [0.29, 0.717) is 29.1 Å². The molecule has 10 nitrogen and oxygen atoms in total. The van der Waals surface area contributed by atoms with Crippen LogP contribution in [0.4, 0.5) is 24.8 Å². The molecule has 14 heteroatoms. The van der Waals surface area contributed by atoms with E-state index < -0.39 is 32.7 Å². The van der Waals surface area contributed by atoms with Gasteiger partial charge in [-0.2, -0.15) is 13.2 Å². The molecule has 0 spiro atoms. The lowest BCUT2D eigenvalue weighted by atomic mass is 10.1. The minimum atomic E-state index is -4.57. The van der Waals surface area contributed by atoms with Crippen LogP contribution >= 0.6 is 0 Å². The van der Waals surface area contributed by atoms with E-state index in [2.05, 4.69) is 20.3 Å². The van der Waals surface area contributed by atoms with Gasteiger partial charge in [0.15, 0.2) is 9.84 Å². The first-order chi connectivity index (χ1) is 17.9. The molecule has 3 N–H and O–H groups in total. The average Bonchev–Trinajstić information content (AvgIpc) is 3.26. The van der Waals surface area contributed by atoms with Gasteiger partial charge in [-0.05, 0) is 31.3 Å². The number of nitrogen functional groups attached to an aromatic ring is 1. The van der Waals surface area contributed by atoms with Gasteiger partial charge < -0.3 is 16.0 Å². The third-order valence-corrected chi connectivity index (χ3v) is 8.29. The average molecular weight is 546 g/mol. The van der Waals surface area contributed by atoms with Crippen LogP contribution in [0.15, 0.2) is 55.0 Å². The standard InChI is InChI=1S/C24H22F3N7O3S/c1-33-10-11-38(36,37)17(13-33)22-32-19(20-21(28)30-8-9-34(20)22)14-2-4-15(5-3-14)23(35)31-18-12-16(6-7-29-18)24(25,26)27/h2-9,12,17H,10-11,13H2,1H3,(H2,28,30)(H,29,31,35). The molecule has 0 saturated carbocycles. The fraction of sp³-hybridized carbons (Fsp3) is 0.250. The molecule has 1 aromatic carbocycles. The van der Waals surface area contributed by atoms with Crippen molar-refractivity contribution in [1.82, 2.24) is 24.3 Å². The third kappa shape index (κ3) is 4.79. The van der Waals surface area contributed by atoms with Gasteiger partial charge in [0.1, 0.15) is 33.9 Å². The maximum Gasteiger partial charge on any atom is 0.416 e.